The maximum absolute atomic E-state index is 5.52. The van der Waals surface area contributed by atoms with E-state index in [9.17, 15) is 0 Å². The van der Waals surface area contributed by atoms with Crippen molar-refractivity contribution in [1.82, 2.24) is 5.01 Å². The maximum atomic E-state index is 5.52. The number of nitrogens with two attached hydrogens (primary N) is 3. The number of hydrogen-bond acceptors (Lipinski definition) is 4. The van der Waals surface area contributed by atoms with Gasteiger partial charge in [0.2, 0.25) is 0 Å². The molecule has 0 aromatic carbocycles. The highest BCUT2D eigenvalue weighted by atomic mass is 15.4. The Labute approximate surface area is 48.6 Å². The summed E-state index contributed by atoms with van der Waals surface area (Å²) in [6.45, 7) is 1.45. The fourth-order valence-corrected chi connectivity index (χ4v) is 0.887. The number of nitrogens with zero attached hydrogens (tertiary/aromatic N) is 1. The van der Waals surface area contributed by atoms with Gasteiger partial charge in [0.05, 0.1) is 0 Å². The van der Waals surface area contributed by atoms with Crippen LogP contribution in [0.25, 0.3) is 0 Å². The molecule has 0 aromatic rings. The highest BCUT2D eigenvalue weighted by Crippen LogP contribution is 1.99. The van der Waals surface area contributed by atoms with Crippen LogP contribution in [0.5, 0.6) is 0 Å². The molecule has 0 aliphatic carbocycles. The van der Waals surface area contributed by atoms with Crippen LogP contribution in [0, 0.1) is 0 Å². The second kappa shape index (κ2) is 1.99. The van der Waals surface area contributed by atoms with E-state index in [-0.39, 0.29) is 12.1 Å². The summed E-state index contributed by atoms with van der Waals surface area (Å²) in [6.07, 6.45) is 0. The van der Waals surface area contributed by atoms with Crippen LogP contribution in [-0.4, -0.2) is 30.2 Å². The molecule has 4 heteroatoms. The lowest BCUT2D eigenvalue weighted by Crippen LogP contribution is -2.39. The van der Waals surface area contributed by atoms with E-state index in [1.54, 1.807) is 5.01 Å². The predicted octanol–water partition coefficient (Wildman–Crippen LogP) is -2.17. The first kappa shape index (κ1) is 5.97. The monoisotopic (exact) mass is 116 g/mol. The molecule has 0 bridgehead atoms. The molecular weight excluding hydrogens is 104 g/mol. The van der Waals surface area contributed by atoms with Crippen LogP contribution < -0.4 is 17.3 Å². The molecule has 0 saturated carbocycles. The molecule has 2 unspecified atom stereocenters. The molecule has 2 atom stereocenters. The van der Waals surface area contributed by atoms with E-state index in [2.05, 4.69) is 0 Å². The molecule has 48 valence electrons. The van der Waals surface area contributed by atoms with Crippen LogP contribution in [0.2, 0.25) is 0 Å². The number of hydrogen-bond donors (Lipinski definition) is 3. The summed E-state index contributed by atoms with van der Waals surface area (Å²) in [6, 6.07) is 0.139. The second-order valence-corrected chi connectivity index (χ2v) is 2.28. The summed E-state index contributed by atoms with van der Waals surface area (Å²) in [5.41, 5.74) is 11.0. The Bertz CT molecular complexity index is 74.1. The Morgan fingerprint density at radius 2 is 1.50 bits per heavy atom. The second-order valence-electron chi connectivity index (χ2n) is 2.28. The SMILES string of the molecule is NC1CN(N)CC1N. The van der Waals surface area contributed by atoms with Gasteiger partial charge in [-0.05, 0) is 0 Å². The zero-order valence-corrected chi connectivity index (χ0v) is 4.75. The average molecular weight is 116 g/mol. The quantitative estimate of drug-likeness (QED) is 0.315. The molecule has 4 nitrogen and oxygen atoms in total. The van der Waals surface area contributed by atoms with Gasteiger partial charge in [-0.3, -0.25) is 5.84 Å². The minimum absolute atomic E-state index is 0.0694. The summed E-state index contributed by atoms with van der Waals surface area (Å²) in [7, 11) is 0. The molecule has 1 heterocycles. The van der Waals surface area contributed by atoms with Crippen LogP contribution in [0.3, 0.4) is 0 Å². The van der Waals surface area contributed by atoms with Gasteiger partial charge in [-0.2, -0.15) is 0 Å². The van der Waals surface area contributed by atoms with Crippen molar-refractivity contribution in [3.05, 3.63) is 0 Å². The minimum Gasteiger partial charge on any atom is -0.325 e. The molecule has 6 N–H and O–H groups in total. The van der Waals surface area contributed by atoms with Crippen molar-refractivity contribution < 1.29 is 0 Å². The van der Waals surface area contributed by atoms with Crippen LogP contribution >= 0.6 is 0 Å². The summed E-state index contributed by atoms with van der Waals surface area (Å²) in [5, 5.41) is 1.65. The van der Waals surface area contributed by atoms with Gasteiger partial charge in [-0.1, -0.05) is 0 Å². The van der Waals surface area contributed by atoms with Crippen molar-refractivity contribution in [2.75, 3.05) is 13.1 Å². The van der Waals surface area contributed by atoms with Gasteiger partial charge in [-0.25, -0.2) is 5.01 Å². The molecular formula is C4H12N4. The predicted molar refractivity (Wildman–Crippen MR) is 31.7 cm³/mol. The van der Waals surface area contributed by atoms with Crippen molar-refractivity contribution in [3.8, 4) is 0 Å². The molecule has 1 saturated heterocycles. The van der Waals surface area contributed by atoms with Crippen molar-refractivity contribution in [3.63, 3.8) is 0 Å². The van der Waals surface area contributed by atoms with Gasteiger partial charge in [0.25, 0.3) is 0 Å². The molecule has 1 aliphatic rings. The first-order valence-electron chi connectivity index (χ1n) is 2.71. The highest BCUT2D eigenvalue weighted by molar-refractivity contribution is 4.86. The number of rotatable bonds is 0. The van der Waals surface area contributed by atoms with E-state index in [1.807, 2.05) is 0 Å². The van der Waals surface area contributed by atoms with E-state index in [0.717, 1.165) is 13.1 Å². The third-order valence-corrected chi connectivity index (χ3v) is 1.44. The zero-order valence-electron chi connectivity index (χ0n) is 4.75. The van der Waals surface area contributed by atoms with Gasteiger partial charge in [-0.15, -0.1) is 0 Å². The van der Waals surface area contributed by atoms with Crippen molar-refractivity contribution in [2.45, 2.75) is 12.1 Å². The molecule has 1 aliphatic heterocycles. The van der Waals surface area contributed by atoms with Crippen molar-refractivity contribution >= 4 is 0 Å². The molecule has 1 rings (SSSR count). The molecule has 0 spiro atoms. The normalized spacial score (nSPS) is 40.9. The molecule has 8 heavy (non-hydrogen) atoms. The summed E-state index contributed by atoms with van der Waals surface area (Å²) >= 11 is 0. The molecule has 0 amide bonds. The Morgan fingerprint density at radius 1 is 1.12 bits per heavy atom. The molecule has 0 aromatic heterocycles. The maximum Gasteiger partial charge on any atom is 0.0349 e. The van der Waals surface area contributed by atoms with E-state index in [1.165, 1.54) is 0 Å². The first-order chi connectivity index (χ1) is 3.70. The van der Waals surface area contributed by atoms with Gasteiger partial charge in [0.1, 0.15) is 0 Å². The van der Waals surface area contributed by atoms with Gasteiger partial charge < -0.3 is 11.5 Å². The number of hydrazine groups is 1. The Kier molecular flexibility index (Phi) is 1.48. The van der Waals surface area contributed by atoms with Crippen LogP contribution in [0.15, 0.2) is 0 Å². The third-order valence-electron chi connectivity index (χ3n) is 1.44. The van der Waals surface area contributed by atoms with Crippen LogP contribution in [-0.2, 0) is 0 Å². The minimum atomic E-state index is 0.0694. The Balaban J connectivity index is 2.39. The third kappa shape index (κ3) is 0.976. The lowest BCUT2D eigenvalue weighted by atomic mass is 10.2. The van der Waals surface area contributed by atoms with Gasteiger partial charge in [0.15, 0.2) is 0 Å². The lowest BCUT2D eigenvalue weighted by Gasteiger charge is -2.03. The summed E-state index contributed by atoms with van der Waals surface area (Å²) in [4.78, 5) is 0. The van der Waals surface area contributed by atoms with E-state index >= 15 is 0 Å². The van der Waals surface area contributed by atoms with Crippen molar-refractivity contribution in [2.24, 2.45) is 17.3 Å². The van der Waals surface area contributed by atoms with Crippen LogP contribution in [0.4, 0.5) is 0 Å². The summed E-state index contributed by atoms with van der Waals surface area (Å²) in [5.74, 6) is 5.39. The fourth-order valence-electron chi connectivity index (χ4n) is 0.887. The Morgan fingerprint density at radius 3 is 1.62 bits per heavy atom. The topological polar surface area (TPSA) is 81.3 Å². The largest absolute Gasteiger partial charge is 0.325 e. The highest BCUT2D eigenvalue weighted by Gasteiger charge is 2.24. The molecule has 1 fully saturated rings. The molecule has 0 radical (unpaired) electrons. The van der Waals surface area contributed by atoms with Crippen LogP contribution in [0.1, 0.15) is 0 Å². The standard InChI is InChI=1S/C4H12N4/c5-3-1-8(7)2-4(3)6/h3-4H,1-2,5-7H2. The Hall–Kier alpha value is -0.160. The average Bonchev–Trinajstić information content (AvgIpc) is 1.85. The van der Waals surface area contributed by atoms with Gasteiger partial charge in [0, 0.05) is 25.2 Å². The fraction of sp³-hybridized carbons (Fsp3) is 1.00. The zero-order chi connectivity index (χ0) is 6.15. The van der Waals surface area contributed by atoms with Gasteiger partial charge >= 0.3 is 0 Å². The summed E-state index contributed by atoms with van der Waals surface area (Å²) < 4.78 is 0. The smallest absolute Gasteiger partial charge is 0.0349 e. The van der Waals surface area contributed by atoms with E-state index in [4.69, 9.17) is 17.3 Å². The first-order valence-corrected chi connectivity index (χ1v) is 2.71. The van der Waals surface area contributed by atoms with E-state index in [0.29, 0.717) is 0 Å². The van der Waals surface area contributed by atoms with E-state index < -0.39 is 0 Å². The lowest BCUT2D eigenvalue weighted by molar-refractivity contribution is 0.346. The van der Waals surface area contributed by atoms with Crippen molar-refractivity contribution in [1.29, 1.82) is 0 Å².